The Morgan fingerprint density at radius 1 is 1.05 bits per heavy atom. The summed E-state index contributed by atoms with van der Waals surface area (Å²) in [6.45, 7) is 1.06. The first-order valence-electron chi connectivity index (χ1n) is 7.34. The number of anilines is 1. The van der Waals surface area contributed by atoms with Crippen LogP contribution < -0.4 is 14.8 Å². The van der Waals surface area contributed by atoms with Crippen molar-refractivity contribution in [3.63, 3.8) is 0 Å². The Bertz CT molecular complexity index is 711. The molecule has 0 bridgehead atoms. The molecule has 2 heterocycles. The van der Waals surface area contributed by atoms with Crippen molar-refractivity contribution in [1.29, 1.82) is 0 Å². The van der Waals surface area contributed by atoms with Gasteiger partial charge in [-0.2, -0.15) is 5.10 Å². The molecule has 4 rings (SSSR count). The maximum atomic E-state index is 12.2. The fourth-order valence-corrected chi connectivity index (χ4v) is 2.38. The summed E-state index contributed by atoms with van der Waals surface area (Å²) in [4.78, 5) is 12.2. The molecule has 0 saturated heterocycles. The van der Waals surface area contributed by atoms with Gasteiger partial charge in [-0.1, -0.05) is 0 Å². The highest BCUT2D eigenvalue weighted by molar-refractivity contribution is 6.02. The van der Waals surface area contributed by atoms with Gasteiger partial charge in [0.05, 0.1) is 5.69 Å². The topological polar surface area (TPSA) is 73.3 Å². The lowest BCUT2D eigenvalue weighted by Gasteiger charge is -2.18. The highest BCUT2D eigenvalue weighted by Gasteiger charge is 2.25. The van der Waals surface area contributed by atoms with Crippen LogP contribution in [0.2, 0.25) is 0 Å². The predicted molar refractivity (Wildman–Crippen MR) is 79.4 cm³/mol. The molecule has 6 heteroatoms. The highest BCUT2D eigenvalue weighted by atomic mass is 16.6. The van der Waals surface area contributed by atoms with E-state index in [1.807, 2.05) is 6.07 Å². The van der Waals surface area contributed by atoms with E-state index >= 15 is 0 Å². The second-order valence-electron chi connectivity index (χ2n) is 5.43. The number of nitrogens with one attached hydrogen (secondary N) is 1. The van der Waals surface area contributed by atoms with E-state index in [0.717, 1.165) is 18.5 Å². The van der Waals surface area contributed by atoms with Crippen molar-refractivity contribution in [2.45, 2.75) is 18.8 Å². The molecule has 1 amide bonds. The van der Waals surface area contributed by atoms with Crippen LogP contribution in [0.3, 0.4) is 0 Å². The molecule has 1 saturated carbocycles. The van der Waals surface area contributed by atoms with Gasteiger partial charge in [-0.05, 0) is 37.1 Å². The molecular weight excluding hydrogens is 282 g/mol. The second-order valence-corrected chi connectivity index (χ2v) is 5.43. The number of hydrogen-bond acceptors (Lipinski definition) is 5. The molecule has 0 radical (unpaired) electrons. The molecule has 1 aliphatic carbocycles. The molecule has 1 N–H and O–H groups in total. The smallest absolute Gasteiger partial charge is 0.276 e. The molecule has 0 atom stereocenters. The molecule has 1 fully saturated rings. The molecule has 1 aromatic carbocycles. The lowest BCUT2D eigenvalue weighted by Crippen LogP contribution is -2.17. The van der Waals surface area contributed by atoms with Crippen molar-refractivity contribution in [2.24, 2.45) is 0 Å². The number of nitrogens with zero attached hydrogens (tertiary/aromatic N) is 2. The predicted octanol–water partition coefficient (Wildman–Crippen LogP) is 2.38. The summed E-state index contributed by atoms with van der Waals surface area (Å²) in [5.74, 6) is 1.57. The maximum absolute atomic E-state index is 12.2. The molecule has 2 aliphatic rings. The van der Waals surface area contributed by atoms with Crippen LogP contribution >= 0.6 is 0 Å². The van der Waals surface area contributed by atoms with Gasteiger partial charge in [0.15, 0.2) is 17.2 Å². The van der Waals surface area contributed by atoms with Gasteiger partial charge in [0, 0.05) is 17.7 Å². The summed E-state index contributed by atoms with van der Waals surface area (Å²) in [5.41, 5.74) is 1.91. The number of benzene rings is 1. The van der Waals surface area contributed by atoms with E-state index < -0.39 is 0 Å². The largest absolute Gasteiger partial charge is 0.486 e. The molecule has 112 valence electrons. The zero-order chi connectivity index (χ0) is 14.9. The Kier molecular flexibility index (Phi) is 3.14. The molecular formula is C16H15N3O3. The average Bonchev–Trinajstić information content (AvgIpc) is 3.40. The summed E-state index contributed by atoms with van der Waals surface area (Å²) in [6, 6.07) is 8.90. The summed E-state index contributed by atoms with van der Waals surface area (Å²) in [6.07, 6.45) is 2.33. The van der Waals surface area contributed by atoms with Crippen LogP contribution in [0.15, 0.2) is 30.3 Å². The van der Waals surface area contributed by atoms with Crippen molar-refractivity contribution < 1.29 is 14.3 Å². The minimum atomic E-state index is -0.286. The Morgan fingerprint density at radius 2 is 1.86 bits per heavy atom. The second kappa shape index (κ2) is 5.29. The van der Waals surface area contributed by atoms with Crippen molar-refractivity contribution in [3.05, 3.63) is 41.7 Å². The fourth-order valence-electron chi connectivity index (χ4n) is 2.38. The lowest BCUT2D eigenvalue weighted by molar-refractivity contribution is 0.102. The van der Waals surface area contributed by atoms with E-state index in [1.54, 1.807) is 24.3 Å². The number of fused-ring (bicyclic) bond motifs is 1. The number of carbonyl (C=O) groups is 1. The van der Waals surface area contributed by atoms with Gasteiger partial charge in [0.2, 0.25) is 0 Å². The van der Waals surface area contributed by atoms with E-state index in [1.165, 1.54) is 0 Å². The van der Waals surface area contributed by atoms with Crippen LogP contribution in [0.1, 0.15) is 34.9 Å². The monoisotopic (exact) mass is 297 g/mol. The number of hydrogen-bond donors (Lipinski definition) is 1. The first-order chi connectivity index (χ1) is 10.8. The van der Waals surface area contributed by atoms with Crippen LogP contribution in [-0.4, -0.2) is 29.3 Å². The Hall–Kier alpha value is -2.63. The zero-order valence-electron chi connectivity index (χ0n) is 11.9. The third-order valence-electron chi connectivity index (χ3n) is 3.71. The van der Waals surface area contributed by atoms with Gasteiger partial charge in [-0.25, -0.2) is 0 Å². The first-order valence-corrected chi connectivity index (χ1v) is 7.34. The van der Waals surface area contributed by atoms with Crippen molar-refractivity contribution >= 4 is 11.6 Å². The maximum Gasteiger partial charge on any atom is 0.276 e. The van der Waals surface area contributed by atoms with Gasteiger partial charge < -0.3 is 14.8 Å². The molecule has 22 heavy (non-hydrogen) atoms. The normalized spacial score (nSPS) is 16.2. The minimum Gasteiger partial charge on any atom is -0.486 e. The average molecular weight is 297 g/mol. The van der Waals surface area contributed by atoms with E-state index in [9.17, 15) is 4.79 Å². The van der Waals surface area contributed by atoms with Gasteiger partial charge in [0.1, 0.15) is 13.2 Å². The third kappa shape index (κ3) is 2.59. The third-order valence-corrected chi connectivity index (χ3v) is 3.71. The summed E-state index contributed by atoms with van der Waals surface area (Å²) >= 11 is 0. The fraction of sp³-hybridized carbons (Fsp3) is 0.312. The quantitative estimate of drug-likeness (QED) is 0.941. The summed E-state index contributed by atoms with van der Waals surface area (Å²) in [5, 5.41) is 10.9. The molecule has 1 aliphatic heterocycles. The standard InChI is InChI=1S/C16H15N3O3/c20-16(13-5-4-12(18-19-13)10-1-2-10)17-11-3-6-14-15(9-11)22-8-7-21-14/h3-6,9-10H,1-2,7-8H2,(H,17,20). The van der Waals surface area contributed by atoms with Gasteiger partial charge in [0.25, 0.3) is 5.91 Å². The number of carbonyl (C=O) groups excluding carboxylic acids is 1. The van der Waals surface area contributed by atoms with Crippen molar-refractivity contribution in [3.8, 4) is 11.5 Å². The van der Waals surface area contributed by atoms with Gasteiger partial charge in [-0.3, -0.25) is 4.79 Å². The summed E-state index contributed by atoms with van der Waals surface area (Å²) in [7, 11) is 0. The van der Waals surface area contributed by atoms with Crippen LogP contribution in [0.25, 0.3) is 0 Å². The van der Waals surface area contributed by atoms with Gasteiger partial charge >= 0.3 is 0 Å². The summed E-state index contributed by atoms with van der Waals surface area (Å²) < 4.78 is 10.9. The van der Waals surface area contributed by atoms with Gasteiger partial charge in [-0.15, -0.1) is 5.10 Å². The minimum absolute atomic E-state index is 0.286. The Balaban J connectivity index is 1.48. The lowest BCUT2D eigenvalue weighted by atomic mass is 10.2. The molecule has 1 aromatic heterocycles. The number of amides is 1. The van der Waals surface area contributed by atoms with Crippen molar-refractivity contribution in [2.75, 3.05) is 18.5 Å². The zero-order valence-corrected chi connectivity index (χ0v) is 11.9. The van der Waals surface area contributed by atoms with Crippen LogP contribution in [0, 0.1) is 0 Å². The Labute approximate surface area is 127 Å². The number of rotatable bonds is 3. The van der Waals surface area contributed by atoms with Crippen LogP contribution in [-0.2, 0) is 0 Å². The highest BCUT2D eigenvalue weighted by Crippen LogP contribution is 2.38. The molecule has 0 spiro atoms. The number of ether oxygens (including phenoxy) is 2. The molecule has 6 nitrogen and oxygen atoms in total. The molecule has 0 unspecified atom stereocenters. The van der Waals surface area contributed by atoms with E-state index in [0.29, 0.717) is 42.0 Å². The number of aromatic nitrogens is 2. The van der Waals surface area contributed by atoms with Crippen LogP contribution in [0.4, 0.5) is 5.69 Å². The van der Waals surface area contributed by atoms with Crippen LogP contribution in [0.5, 0.6) is 11.5 Å². The molecule has 2 aromatic rings. The first kappa shape index (κ1) is 13.1. The van der Waals surface area contributed by atoms with E-state index in [2.05, 4.69) is 15.5 Å². The van der Waals surface area contributed by atoms with E-state index in [-0.39, 0.29) is 5.91 Å². The Morgan fingerprint density at radius 3 is 2.59 bits per heavy atom. The van der Waals surface area contributed by atoms with E-state index in [4.69, 9.17) is 9.47 Å². The SMILES string of the molecule is O=C(Nc1ccc2c(c1)OCCO2)c1ccc(C2CC2)nn1. The van der Waals surface area contributed by atoms with Crippen molar-refractivity contribution in [1.82, 2.24) is 10.2 Å².